The number of benzene rings is 2. The molecule has 1 saturated heterocycles. The largest absolute Gasteiger partial charge is 0.511 e. The second kappa shape index (κ2) is 16.1. The molecule has 1 aromatic heterocycles. The monoisotopic (exact) mass is 690 g/mol. The van der Waals surface area contributed by atoms with E-state index in [1.807, 2.05) is 30.3 Å². The summed E-state index contributed by atoms with van der Waals surface area (Å²) in [4.78, 5) is 57.8. The Labute approximate surface area is 291 Å². The van der Waals surface area contributed by atoms with Gasteiger partial charge in [-0.05, 0) is 93.5 Å². The number of carbonyl (C=O) groups is 4. The average molecular weight is 691 g/mol. The summed E-state index contributed by atoms with van der Waals surface area (Å²) in [5.41, 5.74) is 8.25. The third-order valence-electron chi connectivity index (χ3n) is 10.5. The van der Waals surface area contributed by atoms with Crippen LogP contribution in [0, 0.1) is 11.8 Å². The molecule has 11 nitrogen and oxygen atoms in total. The number of hydrogen-bond acceptors (Lipinski definition) is 8. The molecular formula is C38H47FN4O7. The van der Waals surface area contributed by atoms with Gasteiger partial charge in [-0.25, -0.2) is 14.0 Å². The van der Waals surface area contributed by atoms with E-state index in [2.05, 4.69) is 10.3 Å². The molecule has 6 rings (SSSR count). The molecule has 0 radical (unpaired) electrons. The zero-order chi connectivity index (χ0) is 35.2. The molecule has 4 atom stereocenters. The second-order valence-electron chi connectivity index (χ2n) is 13.9. The van der Waals surface area contributed by atoms with Crippen LogP contribution < -0.4 is 11.1 Å². The molecule has 50 heavy (non-hydrogen) atoms. The van der Waals surface area contributed by atoms with E-state index in [1.165, 1.54) is 6.92 Å². The zero-order valence-electron chi connectivity index (χ0n) is 28.5. The average Bonchev–Trinajstić information content (AvgIpc) is 3.77. The van der Waals surface area contributed by atoms with E-state index in [0.717, 1.165) is 37.7 Å². The number of anilines is 1. The maximum Gasteiger partial charge on any atom is 0.511 e. The molecule has 268 valence electrons. The first-order valence-electron chi connectivity index (χ1n) is 17.9. The van der Waals surface area contributed by atoms with Crippen molar-refractivity contribution in [3.63, 3.8) is 0 Å². The topological polar surface area (TPSA) is 153 Å². The number of nitrogens with zero attached hydrogens (tertiary/aromatic N) is 1. The smallest absolute Gasteiger partial charge is 0.431 e. The quantitative estimate of drug-likeness (QED) is 0.159. The van der Waals surface area contributed by atoms with E-state index in [1.54, 1.807) is 29.2 Å². The highest BCUT2D eigenvalue weighted by Crippen LogP contribution is 2.38. The molecule has 0 bridgehead atoms. The minimum absolute atomic E-state index is 0.0412. The number of aromatic amines is 1. The fraction of sp³-hybridized carbons (Fsp3) is 0.526. The van der Waals surface area contributed by atoms with Gasteiger partial charge in [0.25, 0.3) is 0 Å². The SMILES string of the molecule is CC(OC(=O)OC1CCCCC1)OC(=O)c1cc2cc(NC(=O)[C@@H]3C(c4ccccc4)CCN3C(=O)C3CCC([C@H](N)CF)CC3)ccc2[nH]1. The highest BCUT2D eigenvalue weighted by molar-refractivity contribution is 6.01. The van der Waals surface area contributed by atoms with Crippen LogP contribution in [-0.2, 0) is 23.8 Å². The highest BCUT2D eigenvalue weighted by atomic mass is 19.1. The van der Waals surface area contributed by atoms with Gasteiger partial charge in [0.15, 0.2) is 0 Å². The number of carbonyl (C=O) groups excluding carboxylic acids is 4. The van der Waals surface area contributed by atoms with E-state index in [4.69, 9.17) is 19.9 Å². The molecule has 12 heteroatoms. The van der Waals surface area contributed by atoms with Crippen LogP contribution in [0.2, 0.25) is 0 Å². The predicted octanol–water partition coefficient (Wildman–Crippen LogP) is 6.58. The summed E-state index contributed by atoms with van der Waals surface area (Å²) in [6, 6.07) is 15.4. The first-order valence-corrected chi connectivity index (χ1v) is 17.9. The molecule has 1 aliphatic heterocycles. The normalized spacial score (nSPS) is 23.9. The van der Waals surface area contributed by atoms with Crippen molar-refractivity contribution < 1.29 is 37.8 Å². The molecule has 0 spiro atoms. The number of ether oxygens (including phenoxy) is 3. The molecule has 4 N–H and O–H groups in total. The number of alkyl halides is 1. The van der Waals surface area contributed by atoms with Crippen LogP contribution in [0.15, 0.2) is 54.6 Å². The number of likely N-dealkylation sites (tertiary alicyclic amines) is 1. The van der Waals surface area contributed by atoms with Gasteiger partial charge in [0.05, 0.1) is 0 Å². The first kappa shape index (κ1) is 35.4. The van der Waals surface area contributed by atoms with Crippen LogP contribution in [0.5, 0.6) is 0 Å². The minimum Gasteiger partial charge on any atom is -0.431 e. The predicted molar refractivity (Wildman–Crippen MR) is 185 cm³/mol. The van der Waals surface area contributed by atoms with E-state index < -0.39 is 37.2 Å². The van der Waals surface area contributed by atoms with Gasteiger partial charge in [-0.2, -0.15) is 0 Å². The fourth-order valence-corrected chi connectivity index (χ4v) is 7.83. The Morgan fingerprint density at radius 1 is 0.940 bits per heavy atom. The van der Waals surface area contributed by atoms with Crippen LogP contribution in [-0.4, -0.2) is 71.5 Å². The maximum absolute atomic E-state index is 14.1. The lowest BCUT2D eigenvalue weighted by Crippen LogP contribution is -2.48. The number of halogens is 1. The number of H-pyrrole nitrogens is 1. The summed E-state index contributed by atoms with van der Waals surface area (Å²) >= 11 is 0. The summed E-state index contributed by atoms with van der Waals surface area (Å²) < 4.78 is 29.0. The Balaban J connectivity index is 1.11. The molecular weight excluding hydrogens is 643 g/mol. The number of esters is 1. The van der Waals surface area contributed by atoms with Gasteiger partial charge in [0.2, 0.25) is 18.1 Å². The van der Waals surface area contributed by atoms with Crippen LogP contribution in [0.25, 0.3) is 10.9 Å². The van der Waals surface area contributed by atoms with Crippen molar-refractivity contribution in [1.82, 2.24) is 9.88 Å². The van der Waals surface area contributed by atoms with Crippen molar-refractivity contribution in [2.45, 2.75) is 102 Å². The van der Waals surface area contributed by atoms with Crippen LogP contribution in [0.3, 0.4) is 0 Å². The van der Waals surface area contributed by atoms with Gasteiger partial charge in [-0.3, -0.25) is 9.59 Å². The van der Waals surface area contributed by atoms with Gasteiger partial charge in [-0.1, -0.05) is 36.8 Å². The van der Waals surface area contributed by atoms with Gasteiger partial charge in [-0.15, -0.1) is 0 Å². The Hall–Kier alpha value is -4.45. The Morgan fingerprint density at radius 2 is 1.68 bits per heavy atom. The van der Waals surface area contributed by atoms with E-state index >= 15 is 0 Å². The maximum atomic E-state index is 14.1. The van der Waals surface area contributed by atoms with Gasteiger partial charge < -0.3 is 35.1 Å². The zero-order valence-corrected chi connectivity index (χ0v) is 28.5. The molecule has 2 saturated carbocycles. The summed E-state index contributed by atoms with van der Waals surface area (Å²) in [5.74, 6) is -1.39. The summed E-state index contributed by atoms with van der Waals surface area (Å²) in [5, 5.41) is 3.68. The summed E-state index contributed by atoms with van der Waals surface area (Å²) in [6.45, 7) is 1.34. The van der Waals surface area contributed by atoms with Crippen LogP contribution in [0.1, 0.15) is 93.1 Å². The second-order valence-corrected chi connectivity index (χ2v) is 13.9. The molecule has 2 amide bonds. The Kier molecular flexibility index (Phi) is 11.4. The highest BCUT2D eigenvalue weighted by Gasteiger charge is 2.45. The van der Waals surface area contributed by atoms with Crippen molar-refractivity contribution in [3.05, 3.63) is 65.9 Å². The lowest BCUT2D eigenvalue weighted by Gasteiger charge is -2.35. The number of fused-ring (bicyclic) bond motifs is 1. The fourth-order valence-electron chi connectivity index (χ4n) is 7.83. The Morgan fingerprint density at radius 3 is 2.40 bits per heavy atom. The van der Waals surface area contributed by atoms with E-state index in [0.29, 0.717) is 55.2 Å². The molecule has 3 aromatic rings. The van der Waals surface area contributed by atoms with E-state index in [9.17, 15) is 23.6 Å². The van der Waals surface area contributed by atoms with Crippen LogP contribution in [0.4, 0.5) is 14.9 Å². The third kappa shape index (κ3) is 8.29. The third-order valence-corrected chi connectivity index (χ3v) is 10.5. The Bertz CT molecular complexity index is 1650. The molecule has 2 aromatic carbocycles. The number of rotatable bonds is 10. The molecule has 3 fully saturated rings. The number of nitrogens with two attached hydrogens (primary N) is 1. The lowest BCUT2D eigenvalue weighted by molar-refractivity contribution is -0.141. The van der Waals surface area contributed by atoms with Crippen molar-refractivity contribution >= 4 is 40.5 Å². The summed E-state index contributed by atoms with van der Waals surface area (Å²) in [7, 11) is 0. The number of hydrogen-bond donors (Lipinski definition) is 3. The lowest BCUT2D eigenvalue weighted by atomic mass is 9.78. The minimum atomic E-state index is -1.16. The van der Waals surface area contributed by atoms with E-state index in [-0.39, 0.29) is 41.4 Å². The van der Waals surface area contributed by atoms with Crippen molar-refractivity contribution in [2.75, 3.05) is 18.5 Å². The summed E-state index contributed by atoms with van der Waals surface area (Å²) in [6.07, 6.45) is 5.82. The van der Waals surface area contributed by atoms with Gasteiger partial charge >= 0.3 is 12.1 Å². The van der Waals surface area contributed by atoms with Crippen molar-refractivity contribution in [3.8, 4) is 0 Å². The van der Waals surface area contributed by atoms with Gasteiger partial charge in [0.1, 0.15) is 24.5 Å². The standard InChI is InChI=1S/C38H47FN4O7/c1-23(49-38(47)50-29-10-6-3-7-11-29)48-37(46)33-21-27-20-28(16-17-32(27)42-33)41-35(44)34-30(24-8-4-2-5-9-24)18-19-43(34)36(45)26-14-12-25(13-15-26)31(40)22-39/h2,4-5,8-9,16-17,20-21,23,25-26,29-31,34,42H,3,6-7,10-15,18-19,22,40H2,1H3,(H,41,44)/t23?,25?,26?,30?,31-,34+/m1/s1. The first-order chi connectivity index (χ1) is 24.2. The molecule has 2 unspecified atom stereocenters. The van der Waals surface area contributed by atoms with Crippen LogP contribution >= 0.6 is 0 Å². The van der Waals surface area contributed by atoms with Crippen molar-refractivity contribution in [1.29, 1.82) is 0 Å². The molecule has 2 aliphatic carbocycles. The number of aromatic nitrogens is 1. The molecule has 2 heterocycles. The van der Waals surface area contributed by atoms with Gasteiger partial charge in [0, 0.05) is 47.9 Å². The molecule has 3 aliphatic rings. The number of nitrogens with one attached hydrogen (secondary N) is 2. The van der Waals surface area contributed by atoms with Crippen molar-refractivity contribution in [2.24, 2.45) is 17.6 Å². The number of amides is 2.